The minimum Gasteiger partial charge on any atom is -0.383 e. The predicted molar refractivity (Wildman–Crippen MR) is 115 cm³/mol. The van der Waals surface area contributed by atoms with Gasteiger partial charge in [-0.05, 0) is 31.5 Å². The zero-order valence-electron chi connectivity index (χ0n) is 16.7. The van der Waals surface area contributed by atoms with Gasteiger partial charge in [-0.2, -0.15) is 0 Å². The summed E-state index contributed by atoms with van der Waals surface area (Å²) in [6.45, 7) is 6.71. The van der Waals surface area contributed by atoms with Crippen LogP contribution in [0.15, 0.2) is 59.8 Å². The third-order valence-electron chi connectivity index (χ3n) is 4.76. The van der Waals surface area contributed by atoms with Gasteiger partial charge in [0.15, 0.2) is 5.16 Å². The lowest BCUT2D eigenvalue weighted by Gasteiger charge is -2.25. The third kappa shape index (κ3) is 4.39. The lowest BCUT2D eigenvalue weighted by atomic mass is 10.1. The largest absolute Gasteiger partial charge is 0.383 e. The molecule has 3 aromatic rings. The Morgan fingerprint density at radius 2 is 1.79 bits per heavy atom. The number of carbonyl (C=O) groups is 1. The number of ether oxygens (including phenoxy) is 1. The summed E-state index contributed by atoms with van der Waals surface area (Å²) in [6.07, 6.45) is 0. The van der Waals surface area contributed by atoms with Crippen LogP contribution < -0.4 is 0 Å². The van der Waals surface area contributed by atoms with Crippen LogP contribution in [0, 0.1) is 0 Å². The van der Waals surface area contributed by atoms with Crippen LogP contribution in [-0.2, 0) is 16.1 Å². The monoisotopic (exact) mass is 397 g/mol. The lowest BCUT2D eigenvalue weighted by molar-refractivity contribution is -0.130. The Balaban J connectivity index is 2.02. The van der Waals surface area contributed by atoms with Crippen LogP contribution in [-0.4, -0.2) is 47.2 Å². The van der Waals surface area contributed by atoms with E-state index < -0.39 is 0 Å². The molecule has 1 heterocycles. The molecule has 148 valence electrons. The minimum absolute atomic E-state index is 0.117. The molecule has 0 aliphatic heterocycles. The predicted octanol–water partition coefficient (Wildman–Crippen LogP) is 4.38. The van der Waals surface area contributed by atoms with E-state index in [4.69, 9.17) is 9.72 Å². The zero-order valence-corrected chi connectivity index (χ0v) is 17.5. The highest BCUT2D eigenvalue weighted by Crippen LogP contribution is 2.37. The number of aromatic nitrogens is 2. The van der Waals surface area contributed by atoms with Crippen LogP contribution >= 0.6 is 11.8 Å². The zero-order chi connectivity index (χ0) is 19.9. The van der Waals surface area contributed by atoms with Crippen molar-refractivity contribution in [2.45, 2.75) is 30.8 Å². The number of fused-ring (bicyclic) bond motifs is 1. The number of hydrogen-bond donors (Lipinski definition) is 0. The molecule has 28 heavy (non-hydrogen) atoms. The van der Waals surface area contributed by atoms with Crippen molar-refractivity contribution >= 4 is 28.7 Å². The van der Waals surface area contributed by atoms with E-state index in [2.05, 4.69) is 10.6 Å². The Hall–Kier alpha value is -2.31. The summed E-state index contributed by atoms with van der Waals surface area (Å²) >= 11 is 1.52. The molecule has 0 spiro atoms. The first kappa shape index (κ1) is 20.4. The molecule has 0 aliphatic rings. The van der Waals surface area contributed by atoms with Crippen molar-refractivity contribution in [3.05, 3.63) is 60.2 Å². The molecule has 0 aliphatic carbocycles. The van der Waals surface area contributed by atoms with Crippen molar-refractivity contribution in [2.75, 3.05) is 26.8 Å². The number of likely N-dealkylation sites (N-methyl/N-ethyl adjacent to an activating group) is 1. The molecule has 2 aromatic carbocycles. The highest BCUT2D eigenvalue weighted by molar-refractivity contribution is 8.00. The van der Waals surface area contributed by atoms with Gasteiger partial charge in [0.2, 0.25) is 5.91 Å². The van der Waals surface area contributed by atoms with Gasteiger partial charge in [-0.3, -0.25) is 4.79 Å². The van der Waals surface area contributed by atoms with E-state index in [-0.39, 0.29) is 11.2 Å². The maximum absolute atomic E-state index is 13.3. The number of benzene rings is 2. The molecule has 1 aromatic heterocycles. The molecule has 5 nitrogen and oxygen atoms in total. The quantitative estimate of drug-likeness (QED) is 0.503. The number of imidazole rings is 1. The minimum atomic E-state index is -0.334. The van der Waals surface area contributed by atoms with E-state index in [1.165, 1.54) is 11.8 Å². The Morgan fingerprint density at radius 3 is 2.46 bits per heavy atom. The molecule has 3 rings (SSSR count). The van der Waals surface area contributed by atoms with Gasteiger partial charge < -0.3 is 14.2 Å². The molecular weight excluding hydrogens is 370 g/mol. The number of hydrogen-bond acceptors (Lipinski definition) is 4. The summed E-state index contributed by atoms with van der Waals surface area (Å²) in [5.74, 6) is 0.117. The van der Waals surface area contributed by atoms with E-state index in [0.717, 1.165) is 21.8 Å². The molecule has 1 unspecified atom stereocenters. The average Bonchev–Trinajstić information content (AvgIpc) is 3.09. The van der Waals surface area contributed by atoms with Crippen molar-refractivity contribution in [3.8, 4) is 0 Å². The summed E-state index contributed by atoms with van der Waals surface area (Å²) in [5.41, 5.74) is 2.99. The van der Waals surface area contributed by atoms with Crippen LogP contribution in [0.4, 0.5) is 0 Å². The van der Waals surface area contributed by atoms with E-state index in [0.29, 0.717) is 26.2 Å². The molecule has 0 fully saturated rings. The molecular formula is C22H27N3O2S. The summed E-state index contributed by atoms with van der Waals surface area (Å²) < 4.78 is 7.44. The fourth-order valence-electron chi connectivity index (χ4n) is 3.24. The van der Waals surface area contributed by atoms with Crippen LogP contribution in [0.3, 0.4) is 0 Å². The van der Waals surface area contributed by atoms with Gasteiger partial charge in [0.25, 0.3) is 0 Å². The number of thioether (sulfide) groups is 1. The van der Waals surface area contributed by atoms with Crippen molar-refractivity contribution < 1.29 is 9.53 Å². The first-order valence-corrected chi connectivity index (χ1v) is 10.5. The average molecular weight is 398 g/mol. The fourth-order valence-corrected chi connectivity index (χ4v) is 4.46. The summed E-state index contributed by atoms with van der Waals surface area (Å²) in [5, 5.41) is 0.506. The number of rotatable bonds is 9. The second kappa shape index (κ2) is 9.75. The Labute approximate surface area is 170 Å². The van der Waals surface area contributed by atoms with Crippen molar-refractivity contribution in [2.24, 2.45) is 0 Å². The van der Waals surface area contributed by atoms with Crippen molar-refractivity contribution in [1.29, 1.82) is 0 Å². The van der Waals surface area contributed by atoms with Gasteiger partial charge in [-0.25, -0.2) is 4.98 Å². The SMILES string of the molecule is CCN(CC)C(=O)C(Sc1nc2ccccc2n1CCOC)c1ccccc1. The fraction of sp³-hybridized carbons (Fsp3) is 0.364. The number of amides is 1. The maximum atomic E-state index is 13.3. The van der Waals surface area contributed by atoms with Gasteiger partial charge in [-0.1, -0.05) is 54.2 Å². The van der Waals surface area contributed by atoms with Gasteiger partial charge in [0, 0.05) is 26.7 Å². The third-order valence-corrected chi connectivity index (χ3v) is 6.00. The van der Waals surface area contributed by atoms with Gasteiger partial charge >= 0.3 is 0 Å². The van der Waals surface area contributed by atoms with Crippen LogP contribution in [0.2, 0.25) is 0 Å². The van der Waals surface area contributed by atoms with Crippen molar-refractivity contribution in [1.82, 2.24) is 14.5 Å². The van der Waals surface area contributed by atoms with Crippen LogP contribution in [0.5, 0.6) is 0 Å². The summed E-state index contributed by atoms with van der Waals surface area (Å²) in [4.78, 5) is 20.0. The molecule has 0 N–H and O–H groups in total. The lowest BCUT2D eigenvalue weighted by Crippen LogP contribution is -2.34. The second-order valence-corrected chi connectivity index (χ2v) is 7.52. The molecule has 6 heteroatoms. The normalized spacial score (nSPS) is 12.2. The first-order chi connectivity index (χ1) is 13.7. The highest BCUT2D eigenvalue weighted by atomic mass is 32.2. The van der Waals surface area contributed by atoms with Crippen LogP contribution in [0.1, 0.15) is 24.7 Å². The summed E-state index contributed by atoms with van der Waals surface area (Å²) in [6, 6.07) is 18.0. The van der Waals surface area contributed by atoms with E-state index in [1.807, 2.05) is 67.3 Å². The van der Waals surface area contributed by atoms with E-state index in [1.54, 1.807) is 7.11 Å². The van der Waals surface area contributed by atoms with Crippen LogP contribution in [0.25, 0.3) is 11.0 Å². The molecule has 1 amide bonds. The van der Waals surface area contributed by atoms with Gasteiger partial charge in [-0.15, -0.1) is 0 Å². The highest BCUT2D eigenvalue weighted by Gasteiger charge is 2.28. The maximum Gasteiger partial charge on any atom is 0.240 e. The molecule has 0 saturated heterocycles. The van der Waals surface area contributed by atoms with Crippen molar-refractivity contribution in [3.63, 3.8) is 0 Å². The molecule has 1 atom stereocenters. The number of para-hydroxylation sites is 2. The summed E-state index contributed by atoms with van der Waals surface area (Å²) in [7, 11) is 1.70. The van der Waals surface area contributed by atoms with E-state index >= 15 is 0 Å². The van der Waals surface area contributed by atoms with E-state index in [9.17, 15) is 4.79 Å². The first-order valence-electron chi connectivity index (χ1n) is 9.64. The molecule has 0 saturated carbocycles. The second-order valence-electron chi connectivity index (χ2n) is 6.45. The number of carbonyl (C=O) groups excluding carboxylic acids is 1. The molecule has 0 bridgehead atoms. The smallest absolute Gasteiger partial charge is 0.240 e. The Kier molecular flexibility index (Phi) is 7.12. The van der Waals surface area contributed by atoms with Gasteiger partial charge in [0.1, 0.15) is 5.25 Å². The standard InChI is InChI=1S/C22H27N3O2S/c1-4-24(5-2)21(26)20(17-11-7-6-8-12-17)28-22-23-18-13-9-10-14-19(18)25(22)15-16-27-3/h6-14,20H,4-5,15-16H2,1-3H3. The Bertz CT molecular complexity index is 907. The molecule has 0 radical (unpaired) electrons. The van der Waals surface area contributed by atoms with Gasteiger partial charge in [0.05, 0.1) is 17.6 Å². The number of nitrogens with zero attached hydrogens (tertiary/aromatic N) is 3. The topological polar surface area (TPSA) is 47.4 Å². The number of methoxy groups -OCH3 is 1. The Morgan fingerprint density at radius 1 is 1.11 bits per heavy atom.